The Hall–Kier alpha value is 0.844. The van der Waals surface area contributed by atoms with Gasteiger partial charge in [0.15, 0.2) is 0 Å². The van der Waals surface area contributed by atoms with Crippen LogP contribution in [0, 0.1) is 22.8 Å². The smallest absolute Gasteiger partial charge is 0 e. The molecule has 3 aliphatic rings. The molecule has 0 nitrogen and oxygen atoms in total. The van der Waals surface area contributed by atoms with Gasteiger partial charge in [0, 0.05) is 32.7 Å². The van der Waals surface area contributed by atoms with Crippen LogP contribution in [0.15, 0.2) is 6.08 Å². The number of hydrogen-bond donors (Lipinski definition) is 0. The van der Waals surface area contributed by atoms with Crippen molar-refractivity contribution in [2.45, 2.75) is 117 Å². The van der Waals surface area contributed by atoms with Crippen molar-refractivity contribution in [1.29, 1.82) is 0 Å². The van der Waals surface area contributed by atoms with Gasteiger partial charge in [0.2, 0.25) is 0 Å². The molecule has 137 valence electrons. The zero-order valence-corrected chi connectivity index (χ0v) is 19.6. The summed E-state index contributed by atoms with van der Waals surface area (Å²) in [5.41, 5.74) is 1.44. The summed E-state index contributed by atoms with van der Waals surface area (Å²) < 4.78 is 0. The predicted octanol–water partition coefficient (Wildman–Crippen LogP) is 7.83. The summed E-state index contributed by atoms with van der Waals surface area (Å²) in [5.74, 6) is 1.74. The van der Waals surface area contributed by atoms with Crippen molar-refractivity contribution >= 4 is 0 Å². The van der Waals surface area contributed by atoms with Crippen molar-refractivity contribution in [3.63, 3.8) is 0 Å². The molecule has 3 fully saturated rings. The Bertz CT molecular complexity index is 338. The molecule has 24 heavy (non-hydrogen) atoms. The Morgan fingerprint density at radius 1 is 0.833 bits per heavy atom. The second-order valence-electron chi connectivity index (χ2n) is 9.26. The summed E-state index contributed by atoms with van der Waals surface area (Å²) in [6.07, 6.45) is 27.1. The summed E-state index contributed by atoms with van der Waals surface area (Å²) in [4.78, 5) is 0. The van der Waals surface area contributed by atoms with E-state index in [1.54, 1.807) is 5.92 Å². The molecule has 0 bridgehead atoms. The van der Waals surface area contributed by atoms with Crippen LogP contribution in [-0.2, 0) is 32.7 Å². The molecule has 3 aliphatic carbocycles. The van der Waals surface area contributed by atoms with E-state index in [4.69, 9.17) is 0 Å². The average Bonchev–Trinajstić information content (AvgIpc) is 2.54. The molecule has 3 rings (SSSR count). The van der Waals surface area contributed by atoms with E-state index >= 15 is 0 Å². The van der Waals surface area contributed by atoms with Crippen LogP contribution >= 0.6 is 0 Å². The summed E-state index contributed by atoms with van der Waals surface area (Å²) >= 11 is 0. The first-order valence-corrected chi connectivity index (χ1v) is 10.4. The van der Waals surface area contributed by atoms with E-state index in [0.29, 0.717) is 5.41 Å². The second-order valence-corrected chi connectivity index (χ2v) is 9.26. The SMILES string of the molecule is CC1(C)CCCC2(CCCCC2)C1.C[C-]=CC[C-]1CCCCC1.[Y]. The Balaban J connectivity index is 0.000000238. The van der Waals surface area contributed by atoms with Crippen LogP contribution in [0.3, 0.4) is 0 Å². The first kappa shape index (κ1) is 22.9. The summed E-state index contributed by atoms with van der Waals surface area (Å²) in [6.45, 7) is 6.93. The maximum Gasteiger partial charge on any atom is 0 e. The molecule has 0 N–H and O–H groups in total. The van der Waals surface area contributed by atoms with Crippen molar-refractivity contribution in [3.05, 3.63) is 18.1 Å². The van der Waals surface area contributed by atoms with E-state index < -0.39 is 0 Å². The molecule has 0 aromatic heterocycles. The van der Waals surface area contributed by atoms with E-state index in [1.807, 2.05) is 6.92 Å². The standard InChI is InChI=1S/C13H24.C10H16.Y/c1-12(2)7-6-10-13(11-12)8-4-3-5-9-13;1-2-3-7-10-8-5-4-6-9-10;/h3-11H2,1-2H3;3H,4-9H2,1H3;/q;-2;. The van der Waals surface area contributed by atoms with Crippen LogP contribution < -0.4 is 0 Å². The molecule has 0 aliphatic heterocycles. The quantitative estimate of drug-likeness (QED) is 0.411. The molecule has 0 saturated heterocycles. The number of rotatable bonds is 2. The van der Waals surface area contributed by atoms with Gasteiger partial charge in [-0.15, -0.1) is 0 Å². The van der Waals surface area contributed by atoms with E-state index in [0.717, 1.165) is 5.41 Å². The summed E-state index contributed by atoms with van der Waals surface area (Å²) in [7, 11) is 0. The largest absolute Gasteiger partial charge is 0.506 e. The third-order valence-corrected chi connectivity index (χ3v) is 6.48. The van der Waals surface area contributed by atoms with Crippen molar-refractivity contribution in [1.82, 2.24) is 0 Å². The van der Waals surface area contributed by atoms with Gasteiger partial charge in [-0.1, -0.05) is 58.8 Å². The fourth-order valence-electron chi connectivity index (χ4n) is 5.36. The van der Waals surface area contributed by atoms with Crippen LogP contribution in [0.4, 0.5) is 0 Å². The molecule has 0 atom stereocenters. The first-order chi connectivity index (χ1) is 11.1. The minimum absolute atomic E-state index is 0. The molecule has 1 radical (unpaired) electrons. The van der Waals surface area contributed by atoms with Gasteiger partial charge in [0.25, 0.3) is 0 Å². The van der Waals surface area contributed by atoms with E-state index in [2.05, 4.69) is 26.0 Å². The average molecular weight is 405 g/mol. The van der Waals surface area contributed by atoms with Crippen molar-refractivity contribution in [2.75, 3.05) is 0 Å². The Labute approximate surface area is 177 Å². The normalized spacial score (nSPS) is 26.5. The van der Waals surface area contributed by atoms with Crippen molar-refractivity contribution < 1.29 is 32.7 Å². The van der Waals surface area contributed by atoms with Gasteiger partial charge in [-0.2, -0.15) is 26.2 Å². The van der Waals surface area contributed by atoms with Crippen LogP contribution in [0.25, 0.3) is 0 Å². The van der Waals surface area contributed by atoms with Crippen molar-refractivity contribution in [3.8, 4) is 0 Å². The number of hydrogen-bond acceptors (Lipinski definition) is 0. The maximum atomic E-state index is 3.07. The van der Waals surface area contributed by atoms with Gasteiger partial charge in [-0.3, -0.25) is 6.08 Å². The zero-order chi connectivity index (χ0) is 16.6. The Morgan fingerprint density at radius 2 is 1.42 bits per heavy atom. The van der Waals surface area contributed by atoms with E-state index in [9.17, 15) is 0 Å². The Morgan fingerprint density at radius 3 is 2.00 bits per heavy atom. The van der Waals surface area contributed by atoms with E-state index in [1.165, 1.54) is 96.3 Å². The van der Waals surface area contributed by atoms with Gasteiger partial charge in [0.1, 0.15) is 0 Å². The third-order valence-electron chi connectivity index (χ3n) is 6.48. The summed E-state index contributed by atoms with van der Waals surface area (Å²) in [5, 5.41) is 0. The van der Waals surface area contributed by atoms with Crippen LogP contribution in [-0.4, -0.2) is 0 Å². The number of allylic oxidation sites excluding steroid dienone is 2. The van der Waals surface area contributed by atoms with Gasteiger partial charge >= 0.3 is 0 Å². The van der Waals surface area contributed by atoms with Gasteiger partial charge in [0.05, 0.1) is 0 Å². The molecule has 1 spiro atoms. The van der Waals surface area contributed by atoms with Gasteiger partial charge < -0.3 is 12.0 Å². The second kappa shape index (κ2) is 11.5. The third kappa shape index (κ3) is 8.03. The minimum Gasteiger partial charge on any atom is -0.506 e. The molecule has 0 amide bonds. The Kier molecular flexibility index (Phi) is 11.0. The molecule has 0 aromatic rings. The minimum atomic E-state index is 0. The molecular formula is C23H40Y-2. The van der Waals surface area contributed by atoms with Crippen LogP contribution in [0.5, 0.6) is 0 Å². The molecule has 0 unspecified atom stereocenters. The van der Waals surface area contributed by atoms with Crippen LogP contribution in [0.1, 0.15) is 117 Å². The van der Waals surface area contributed by atoms with Crippen LogP contribution in [0.2, 0.25) is 0 Å². The molecular weight excluding hydrogens is 365 g/mol. The maximum absolute atomic E-state index is 3.07. The predicted molar refractivity (Wildman–Crippen MR) is 102 cm³/mol. The van der Waals surface area contributed by atoms with Gasteiger partial charge in [-0.25, -0.2) is 0 Å². The van der Waals surface area contributed by atoms with E-state index in [-0.39, 0.29) is 32.7 Å². The van der Waals surface area contributed by atoms with Crippen molar-refractivity contribution in [2.24, 2.45) is 10.8 Å². The fourth-order valence-corrected chi connectivity index (χ4v) is 5.36. The fraction of sp³-hybridized carbons (Fsp3) is 0.870. The topological polar surface area (TPSA) is 0 Å². The van der Waals surface area contributed by atoms with Gasteiger partial charge in [-0.05, 0) is 42.9 Å². The zero-order valence-electron chi connectivity index (χ0n) is 16.8. The molecule has 3 saturated carbocycles. The molecule has 1 heteroatoms. The monoisotopic (exact) mass is 405 g/mol. The first-order valence-electron chi connectivity index (χ1n) is 10.4. The molecule has 0 aromatic carbocycles. The molecule has 0 heterocycles. The summed E-state index contributed by atoms with van der Waals surface area (Å²) in [6, 6.07) is 0.